The van der Waals surface area contributed by atoms with Crippen molar-refractivity contribution >= 4 is 60.6 Å². The topological polar surface area (TPSA) is 53.6 Å². The third-order valence-corrected chi connectivity index (χ3v) is 6.18. The van der Waals surface area contributed by atoms with Crippen LogP contribution in [-0.4, -0.2) is 35.3 Å². The molecule has 2 aromatic carbocycles. The van der Waals surface area contributed by atoms with Gasteiger partial charge in [0.15, 0.2) is 0 Å². The fraction of sp³-hybridized carbons (Fsp3) is 0.150. The summed E-state index contributed by atoms with van der Waals surface area (Å²) in [4.78, 5) is 14.9. The number of hydrogen-bond acceptors (Lipinski definition) is 6. The number of hydrogen-bond donors (Lipinski definition) is 1. The first kappa shape index (κ1) is 17.6. The van der Waals surface area contributed by atoms with Crippen molar-refractivity contribution in [3.05, 3.63) is 63.9 Å². The fourth-order valence-electron chi connectivity index (χ4n) is 2.75. The van der Waals surface area contributed by atoms with E-state index >= 15 is 0 Å². The van der Waals surface area contributed by atoms with Gasteiger partial charge in [-0.05, 0) is 36.4 Å². The SMILES string of the molecule is [C-]#[N+]/C(=C\c1nc2ccc(N(C)CCO)cc2s1)c1nc2ccccc2s1. The average Bonchev–Trinajstić information content (AvgIpc) is 3.28. The van der Waals surface area contributed by atoms with Gasteiger partial charge in [-0.3, -0.25) is 0 Å². The van der Waals surface area contributed by atoms with Gasteiger partial charge in [-0.25, -0.2) is 14.8 Å². The van der Waals surface area contributed by atoms with Crippen LogP contribution in [0, 0.1) is 6.57 Å². The summed E-state index contributed by atoms with van der Waals surface area (Å²) in [6.45, 7) is 8.25. The van der Waals surface area contributed by atoms with Gasteiger partial charge in [0.25, 0.3) is 0 Å². The van der Waals surface area contributed by atoms with Gasteiger partial charge in [0.2, 0.25) is 5.70 Å². The lowest BCUT2D eigenvalue weighted by Crippen LogP contribution is -2.20. The molecule has 5 nitrogen and oxygen atoms in total. The molecule has 0 aliphatic heterocycles. The summed E-state index contributed by atoms with van der Waals surface area (Å²) in [6.07, 6.45) is 1.81. The predicted molar refractivity (Wildman–Crippen MR) is 114 cm³/mol. The molecular weight excluding hydrogens is 376 g/mol. The maximum absolute atomic E-state index is 9.11. The summed E-state index contributed by atoms with van der Waals surface area (Å²) in [6, 6.07) is 13.9. The van der Waals surface area contributed by atoms with E-state index in [1.165, 1.54) is 11.3 Å². The van der Waals surface area contributed by atoms with E-state index in [1.54, 1.807) is 11.3 Å². The minimum Gasteiger partial charge on any atom is -0.395 e. The van der Waals surface area contributed by atoms with E-state index in [1.807, 2.05) is 54.4 Å². The van der Waals surface area contributed by atoms with Gasteiger partial charge in [0.1, 0.15) is 10.0 Å². The summed E-state index contributed by atoms with van der Waals surface area (Å²) in [5.41, 5.74) is 3.36. The van der Waals surface area contributed by atoms with Crippen molar-refractivity contribution in [2.45, 2.75) is 0 Å². The van der Waals surface area contributed by atoms with Gasteiger partial charge in [-0.1, -0.05) is 12.1 Å². The van der Waals surface area contributed by atoms with Crippen LogP contribution in [0.1, 0.15) is 10.0 Å². The van der Waals surface area contributed by atoms with Crippen molar-refractivity contribution in [1.29, 1.82) is 0 Å². The smallest absolute Gasteiger partial charge is 0.225 e. The van der Waals surface area contributed by atoms with Crippen LogP contribution in [0.15, 0.2) is 42.5 Å². The number of fused-ring (bicyclic) bond motifs is 2. The molecular formula is C20H16N4OS2. The van der Waals surface area contributed by atoms with Gasteiger partial charge in [-0.15, -0.1) is 22.7 Å². The molecule has 0 fully saturated rings. The second-order valence-electron chi connectivity index (χ2n) is 5.98. The number of likely N-dealkylation sites (N-methyl/N-ethyl adjacent to an activating group) is 1. The standard InChI is InChI=1S/C20H16N4OS2/c1-21-16(20-23-14-5-3-4-6-17(14)27-20)12-19-22-15-8-7-13(11-18(15)26-19)24(2)9-10-25/h3-8,11-12,25H,9-10H2,2H3/b16-12-. The molecule has 0 saturated carbocycles. The molecule has 1 N–H and O–H groups in total. The summed E-state index contributed by atoms with van der Waals surface area (Å²) in [7, 11) is 1.95. The molecule has 0 radical (unpaired) electrons. The third kappa shape index (κ3) is 3.55. The van der Waals surface area contributed by atoms with E-state index in [4.69, 9.17) is 11.7 Å². The van der Waals surface area contributed by atoms with Gasteiger partial charge in [0.05, 0.1) is 33.6 Å². The van der Waals surface area contributed by atoms with E-state index in [0.29, 0.717) is 17.2 Å². The number of aliphatic hydroxyl groups excluding tert-OH is 1. The van der Waals surface area contributed by atoms with E-state index in [2.05, 4.69) is 20.9 Å². The molecule has 0 spiro atoms. The monoisotopic (exact) mass is 392 g/mol. The highest BCUT2D eigenvalue weighted by molar-refractivity contribution is 7.20. The number of aliphatic hydroxyl groups is 1. The van der Waals surface area contributed by atoms with Crippen LogP contribution in [0.25, 0.3) is 37.1 Å². The zero-order valence-corrected chi connectivity index (χ0v) is 16.2. The number of aromatic nitrogens is 2. The molecule has 134 valence electrons. The maximum Gasteiger partial charge on any atom is 0.225 e. The molecule has 0 aliphatic carbocycles. The second-order valence-corrected chi connectivity index (χ2v) is 8.07. The van der Waals surface area contributed by atoms with E-state index in [0.717, 1.165) is 31.1 Å². The van der Waals surface area contributed by atoms with Crippen LogP contribution in [0.2, 0.25) is 0 Å². The quantitative estimate of drug-likeness (QED) is 0.498. The normalized spacial score (nSPS) is 11.8. The molecule has 0 atom stereocenters. The molecule has 4 aromatic rings. The van der Waals surface area contributed by atoms with E-state index in [9.17, 15) is 0 Å². The molecule has 0 saturated heterocycles. The van der Waals surface area contributed by atoms with E-state index < -0.39 is 0 Å². The number of rotatable bonds is 5. The predicted octanol–water partition coefficient (Wildman–Crippen LogP) is 4.75. The van der Waals surface area contributed by atoms with Crippen molar-refractivity contribution in [2.24, 2.45) is 0 Å². The number of thiazole rings is 2. The molecule has 2 aromatic heterocycles. The fourth-order valence-corrected chi connectivity index (χ4v) is 4.61. The average molecular weight is 393 g/mol. The third-order valence-electron chi connectivity index (χ3n) is 4.16. The Kier molecular flexibility index (Phi) is 4.86. The van der Waals surface area contributed by atoms with Gasteiger partial charge < -0.3 is 10.0 Å². The van der Waals surface area contributed by atoms with Gasteiger partial charge in [-0.2, -0.15) is 0 Å². The number of para-hydroxylation sites is 1. The first-order chi connectivity index (χ1) is 13.2. The van der Waals surface area contributed by atoms with Crippen LogP contribution < -0.4 is 4.90 Å². The van der Waals surface area contributed by atoms with Crippen molar-refractivity contribution in [3.8, 4) is 0 Å². The van der Waals surface area contributed by atoms with Crippen LogP contribution >= 0.6 is 22.7 Å². The molecule has 2 heterocycles. The number of benzene rings is 2. The maximum atomic E-state index is 9.11. The van der Waals surface area contributed by atoms with Gasteiger partial charge >= 0.3 is 0 Å². The Hall–Kier alpha value is -2.79. The Bertz CT molecular complexity index is 1150. The summed E-state index contributed by atoms with van der Waals surface area (Å²) in [5.74, 6) is 0. The zero-order valence-electron chi connectivity index (χ0n) is 14.6. The van der Waals surface area contributed by atoms with Crippen LogP contribution in [0.3, 0.4) is 0 Å². The lowest BCUT2D eigenvalue weighted by atomic mass is 10.3. The molecule has 4 rings (SSSR count). The Labute approximate surface area is 164 Å². The summed E-state index contributed by atoms with van der Waals surface area (Å²) in [5, 5.41) is 10.6. The number of nitrogens with zero attached hydrogens (tertiary/aromatic N) is 4. The lowest BCUT2D eigenvalue weighted by Gasteiger charge is -2.17. The van der Waals surface area contributed by atoms with Crippen molar-refractivity contribution in [2.75, 3.05) is 25.1 Å². The minimum absolute atomic E-state index is 0.113. The number of anilines is 1. The Morgan fingerprint density at radius 1 is 1.15 bits per heavy atom. The highest BCUT2D eigenvalue weighted by Crippen LogP contribution is 2.32. The Balaban J connectivity index is 1.70. The molecule has 0 amide bonds. The van der Waals surface area contributed by atoms with Crippen molar-refractivity contribution in [1.82, 2.24) is 9.97 Å². The highest BCUT2D eigenvalue weighted by atomic mass is 32.1. The lowest BCUT2D eigenvalue weighted by molar-refractivity contribution is 0.304. The highest BCUT2D eigenvalue weighted by Gasteiger charge is 2.11. The van der Waals surface area contributed by atoms with Crippen molar-refractivity contribution < 1.29 is 5.11 Å². The summed E-state index contributed by atoms with van der Waals surface area (Å²) >= 11 is 3.07. The Morgan fingerprint density at radius 3 is 2.74 bits per heavy atom. The van der Waals surface area contributed by atoms with E-state index in [-0.39, 0.29) is 6.61 Å². The van der Waals surface area contributed by atoms with Gasteiger partial charge in [0, 0.05) is 19.3 Å². The van der Waals surface area contributed by atoms with Crippen LogP contribution in [0.5, 0.6) is 0 Å². The molecule has 0 unspecified atom stereocenters. The minimum atomic E-state index is 0.113. The van der Waals surface area contributed by atoms with Crippen LogP contribution in [0.4, 0.5) is 5.69 Å². The Morgan fingerprint density at radius 2 is 1.96 bits per heavy atom. The molecule has 27 heavy (non-hydrogen) atoms. The molecule has 0 bridgehead atoms. The largest absolute Gasteiger partial charge is 0.395 e. The molecule has 7 heteroatoms. The van der Waals surface area contributed by atoms with Crippen LogP contribution in [-0.2, 0) is 0 Å². The summed E-state index contributed by atoms with van der Waals surface area (Å²) < 4.78 is 2.13. The first-order valence-electron chi connectivity index (χ1n) is 8.35. The van der Waals surface area contributed by atoms with Crippen molar-refractivity contribution in [3.63, 3.8) is 0 Å². The molecule has 0 aliphatic rings. The second kappa shape index (κ2) is 7.45. The zero-order chi connectivity index (χ0) is 18.8. The first-order valence-corrected chi connectivity index (χ1v) is 9.99.